The molecule has 4 aliphatic rings. The number of benzene rings is 2. The number of hydrogen-bond acceptors (Lipinski definition) is 5. The highest BCUT2D eigenvalue weighted by atomic mass is 16.5. The maximum Gasteiger partial charge on any atom is 0.322 e. The van der Waals surface area contributed by atoms with Crippen LogP contribution in [0.3, 0.4) is 0 Å². The Labute approximate surface area is 297 Å². The number of carbonyl (C=O) groups is 3. The average molecular weight is 688 g/mol. The number of ether oxygens (including phenoxy) is 1. The molecule has 0 aliphatic carbocycles. The number of phenols is 1. The standard InChI is InChI=1S/C40H57N5O5/c1-28-25-32(26-29(2)37(28)46)27-36(38(47)43-18-6-5-7-30(12-19-43)10-11-31-16-23-50-24-17-31)42-39(48)44-20-14-34(15-21-44)45-22-13-33-8-3-4-9-35(33)41-40(45)49/h3-4,8-9,25-26,30-31,34,36,46H,5-7,10-24,27H2,1-2H3,(H,41,49)(H,42,48)/t30?,36-/m1/s1. The number of nitrogens with zero attached hydrogens (tertiary/aromatic N) is 3. The van der Waals surface area contributed by atoms with Crippen molar-refractivity contribution in [1.82, 2.24) is 20.0 Å². The molecular formula is C40H57N5O5. The Kier molecular flexibility index (Phi) is 12.2. The lowest BCUT2D eigenvalue weighted by Crippen LogP contribution is -2.56. The molecule has 2 aromatic carbocycles. The number of phenolic OH excluding ortho intramolecular Hbond substituents is 1. The minimum Gasteiger partial charge on any atom is -0.507 e. The van der Waals surface area contributed by atoms with Crippen molar-refractivity contribution < 1.29 is 24.2 Å². The average Bonchev–Trinajstić information content (AvgIpc) is 3.28. The van der Waals surface area contributed by atoms with E-state index in [2.05, 4.69) is 16.7 Å². The van der Waals surface area contributed by atoms with Gasteiger partial charge in [-0.1, -0.05) is 56.0 Å². The summed E-state index contributed by atoms with van der Waals surface area (Å²) in [6, 6.07) is 10.8. The van der Waals surface area contributed by atoms with E-state index in [1.807, 2.05) is 54.0 Å². The van der Waals surface area contributed by atoms with Crippen molar-refractivity contribution >= 4 is 23.7 Å². The van der Waals surface area contributed by atoms with Crippen molar-refractivity contribution in [2.45, 2.75) is 103 Å². The van der Waals surface area contributed by atoms with E-state index in [-0.39, 0.29) is 29.8 Å². The van der Waals surface area contributed by atoms with Crippen molar-refractivity contribution in [1.29, 1.82) is 0 Å². The van der Waals surface area contributed by atoms with Crippen molar-refractivity contribution in [3.63, 3.8) is 0 Å². The molecule has 0 aromatic heterocycles. The number of amides is 5. The number of para-hydroxylation sites is 1. The third-order valence-electron chi connectivity index (χ3n) is 11.7. The Morgan fingerprint density at radius 3 is 2.30 bits per heavy atom. The lowest BCUT2D eigenvalue weighted by atomic mass is 9.86. The molecule has 5 amide bonds. The summed E-state index contributed by atoms with van der Waals surface area (Å²) in [6.07, 6.45) is 11.6. The summed E-state index contributed by atoms with van der Waals surface area (Å²) in [6.45, 7) is 8.60. The quantitative estimate of drug-likeness (QED) is 0.297. The summed E-state index contributed by atoms with van der Waals surface area (Å²) in [4.78, 5) is 47.0. The van der Waals surface area contributed by atoms with Gasteiger partial charge >= 0.3 is 12.1 Å². The number of nitrogens with one attached hydrogen (secondary N) is 2. The molecule has 10 heteroatoms. The molecule has 2 atom stereocenters. The summed E-state index contributed by atoms with van der Waals surface area (Å²) in [7, 11) is 0. The minimum atomic E-state index is -0.710. The number of aromatic hydroxyl groups is 1. The lowest BCUT2D eigenvalue weighted by Gasteiger charge is -2.38. The molecule has 4 aliphatic heterocycles. The number of aryl methyl sites for hydroxylation is 2. The largest absolute Gasteiger partial charge is 0.507 e. The number of piperidine rings is 1. The van der Waals surface area contributed by atoms with Gasteiger partial charge in [0, 0.05) is 64.1 Å². The summed E-state index contributed by atoms with van der Waals surface area (Å²) >= 11 is 0. The fraction of sp³-hybridized carbons (Fsp3) is 0.625. The lowest BCUT2D eigenvalue weighted by molar-refractivity contribution is -0.133. The predicted octanol–water partition coefficient (Wildman–Crippen LogP) is 6.41. The molecular weight excluding hydrogens is 630 g/mol. The Bertz CT molecular complexity index is 1460. The van der Waals surface area contributed by atoms with Crippen LogP contribution in [0.1, 0.15) is 86.5 Å². The van der Waals surface area contributed by atoms with Gasteiger partial charge in [0.25, 0.3) is 0 Å². The van der Waals surface area contributed by atoms with Crippen molar-refractivity contribution in [2.75, 3.05) is 51.3 Å². The number of carbonyl (C=O) groups excluding carboxylic acids is 3. The van der Waals surface area contributed by atoms with Crippen LogP contribution in [0.5, 0.6) is 5.75 Å². The molecule has 1 unspecified atom stereocenters. The van der Waals surface area contributed by atoms with Crippen LogP contribution in [0, 0.1) is 25.7 Å². The monoisotopic (exact) mass is 687 g/mol. The van der Waals surface area contributed by atoms with Crippen LogP contribution in [0.2, 0.25) is 0 Å². The third kappa shape index (κ3) is 9.11. The van der Waals surface area contributed by atoms with Gasteiger partial charge in [0.1, 0.15) is 11.8 Å². The Morgan fingerprint density at radius 1 is 0.880 bits per heavy atom. The highest BCUT2D eigenvalue weighted by molar-refractivity contribution is 5.91. The Hall–Kier alpha value is -3.79. The van der Waals surface area contributed by atoms with Crippen LogP contribution in [0.15, 0.2) is 36.4 Å². The van der Waals surface area contributed by atoms with Crippen LogP contribution in [-0.2, 0) is 22.4 Å². The molecule has 3 fully saturated rings. The second-order valence-electron chi connectivity index (χ2n) is 15.1. The van der Waals surface area contributed by atoms with Gasteiger partial charge in [0.15, 0.2) is 0 Å². The van der Waals surface area contributed by atoms with E-state index in [1.54, 1.807) is 4.90 Å². The van der Waals surface area contributed by atoms with Gasteiger partial charge in [-0.05, 0) is 98.9 Å². The maximum atomic E-state index is 14.3. The molecule has 10 nitrogen and oxygen atoms in total. The van der Waals surface area contributed by atoms with Crippen molar-refractivity contribution in [2.24, 2.45) is 11.8 Å². The molecule has 0 spiro atoms. The van der Waals surface area contributed by atoms with Gasteiger partial charge in [-0.15, -0.1) is 0 Å². The zero-order valence-electron chi connectivity index (χ0n) is 30.1. The predicted molar refractivity (Wildman–Crippen MR) is 195 cm³/mol. The number of likely N-dealkylation sites (tertiary alicyclic amines) is 2. The smallest absolute Gasteiger partial charge is 0.322 e. The molecule has 0 radical (unpaired) electrons. The number of rotatable bonds is 8. The van der Waals surface area contributed by atoms with Gasteiger partial charge in [-0.25, -0.2) is 9.59 Å². The van der Waals surface area contributed by atoms with E-state index in [0.717, 1.165) is 85.6 Å². The van der Waals surface area contributed by atoms with Crippen molar-refractivity contribution in [3.05, 3.63) is 58.7 Å². The molecule has 0 saturated carbocycles. The Morgan fingerprint density at radius 2 is 1.56 bits per heavy atom. The van der Waals surface area contributed by atoms with E-state index in [0.29, 0.717) is 57.9 Å². The molecule has 3 saturated heterocycles. The molecule has 50 heavy (non-hydrogen) atoms. The van der Waals surface area contributed by atoms with Crippen LogP contribution >= 0.6 is 0 Å². The van der Waals surface area contributed by atoms with E-state index in [9.17, 15) is 19.5 Å². The zero-order chi connectivity index (χ0) is 35.0. The van der Waals surface area contributed by atoms with Crippen LogP contribution in [-0.4, -0.2) is 95.8 Å². The minimum absolute atomic E-state index is 0.0255. The highest BCUT2D eigenvalue weighted by Gasteiger charge is 2.34. The molecule has 6 rings (SSSR count). The maximum absolute atomic E-state index is 14.3. The Balaban J connectivity index is 1.08. The van der Waals surface area contributed by atoms with Gasteiger partial charge in [0.05, 0.1) is 0 Å². The van der Waals surface area contributed by atoms with E-state index in [1.165, 1.54) is 19.3 Å². The van der Waals surface area contributed by atoms with Gasteiger partial charge < -0.3 is 35.2 Å². The molecule has 3 N–H and O–H groups in total. The highest BCUT2D eigenvalue weighted by Crippen LogP contribution is 2.29. The number of hydrogen-bond donors (Lipinski definition) is 3. The van der Waals surface area contributed by atoms with Gasteiger partial charge in [0.2, 0.25) is 5.91 Å². The van der Waals surface area contributed by atoms with E-state index >= 15 is 0 Å². The summed E-state index contributed by atoms with van der Waals surface area (Å²) < 4.78 is 5.56. The first-order valence-corrected chi connectivity index (χ1v) is 19.1. The first-order chi connectivity index (χ1) is 24.2. The molecule has 0 bridgehead atoms. The van der Waals surface area contributed by atoms with Crippen molar-refractivity contribution in [3.8, 4) is 5.75 Å². The van der Waals surface area contributed by atoms with Crippen LogP contribution < -0.4 is 10.6 Å². The summed E-state index contributed by atoms with van der Waals surface area (Å²) in [5.74, 6) is 1.61. The van der Waals surface area contributed by atoms with Crippen LogP contribution in [0.4, 0.5) is 15.3 Å². The zero-order valence-corrected chi connectivity index (χ0v) is 30.1. The number of anilines is 1. The normalized spacial score (nSPS) is 21.8. The fourth-order valence-electron chi connectivity index (χ4n) is 8.52. The second-order valence-corrected chi connectivity index (χ2v) is 15.1. The molecule has 4 heterocycles. The first kappa shape index (κ1) is 36.0. The van der Waals surface area contributed by atoms with E-state index < -0.39 is 6.04 Å². The van der Waals surface area contributed by atoms with Gasteiger partial charge in [-0.2, -0.15) is 0 Å². The first-order valence-electron chi connectivity index (χ1n) is 19.1. The number of fused-ring (bicyclic) bond motifs is 1. The third-order valence-corrected chi connectivity index (χ3v) is 11.7. The fourth-order valence-corrected chi connectivity index (χ4v) is 8.52. The second kappa shape index (κ2) is 16.9. The number of urea groups is 2. The van der Waals surface area contributed by atoms with Crippen LogP contribution in [0.25, 0.3) is 0 Å². The topological polar surface area (TPSA) is 114 Å². The molecule has 272 valence electrons. The summed E-state index contributed by atoms with van der Waals surface area (Å²) in [5, 5.41) is 16.6. The SMILES string of the molecule is Cc1cc(C[C@@H](NC(=O)N2CCC(N3CCc4ccccc4NC3=O)CC2)C(=O)N2CCCCC(CCC3CCOCC3)CC2)cc(C)c1O. The summed E-state index contributed by atoms with van der Waals surface area (Å²) in [5.41, 5.74) is 4.46. The molecule has 2 aromatic rings. The van der Waals surface area contributed by atoms with Gasteiger partial charge in [-0.3, -0.25) is 4.79 Å². The van der Waals surface area contributed by atoms with E-state index in [4.69, 9.17) is 4.74 Å².